The van der Waals surface area contributed by atoms with Crippen molar-refractivity contribution < 1.29 is 27.8 Å². The molecule has 7 heteroatoms. The van der Waals surface area contributed by atoms with E-state index in [1.165, 1.54) is 4.90 Å². The van der Waals surface area contributed by atoms with Gasteiger partial charge in [-0.2, -0.15) is 13.2 Å². The monoisotopic (exact) mass is 283 g/mol. The maximum atomic E-state index is 12.1. The molecule has 2 atom stereocenters. The van der Waals surface area contributed by atoms with Gasteiger partial charge < -0.3 is 14.7 Å². The van der Waals surface area contributed by atoms with Gasteiger partial charge in [-0.25, -0.2) is 4.79 Å². The smallest absolute Gasteiger partial charge is 0.410 e. The minimum absolute atomic E-state index is 0.0252. The normalized spacial score (nSPS) is 24.7. The number of hydrogen-bond donors (Lipinski definition) is 1. The minimum Gasteiger partial charge on any atom is -0.444 e. The van der Waals surface area contributed by atoms with Crippen LogP contribution in [-0.4, -0.2) is 47.1 Å². The third-order valence-corrected chi connectivity index (χ3v) is 2.86. The van der Waals surface area contributed by atoms with E-state index in [9.17, 15) is 23.1 Å². The summed E-state index contributed by atoms with van der Waals surface area (Å²) in [6.45, 7) is 5.25. The lowest BCUT2D eigenvalue weighted by molar-refractivity contribution is -0.138. The maximum absolute atomic E-state index is 12.1. The molecule has 1 fully saturated rings. The van der Waals surface area contributed by atoms with Crippen molar-refractivity contribution in [1.82, 2.24) is 4.90 Å². The van der Waals surface area contributed by atoms with Gasteiger partial charge >= 0.3 is 12.3 Å². The highest BCUT2D eigenvalue weighted by molar-refractivity contribution is 5.68. The number of halogens is 3. The molecule has 1 saturated heterocycles. The first kappa shape index (κ1) is 16.1. The molecule has 4 nitrogen and oxygen atoms in total. The van der Waals surface area contributed by atoms with Crippen molar-refractivity contribution in [1.29, 1.82) is 0 Å². The van der Waals surface area contributed by atoms with Crippen molar-refractivity contribution in [2.45, 2.75) is 51.5 Å². The van der Waals surface area contributed by atoms with Gasteiger partial charge in [0.25, 0.3) is 0 Å². The van der Waals surface area contributed by atoms with E-state index in [2.05, 4.69) is 0 Å². The van der Waals surface area contributed by atoms with Gasteiger partial charge in [0.05, 0.1) is 12.6 Å². The molecule has 19 heavy (non-hydrogen) atoms. The number of aliphatic hydroxyl groups is 1. The van der Waals surface area contributed by atoms with Crippen molar-refractivity contribution >= 4 is 6.09 Å². The Morgan fingerprint density at radius 1 is 1.32 bits per heavy atom. The van der Waals surface area contributed by atoms with Crippen molar-refractivity contribution in [3.8, 4) is 0 Å². The molecule has 0 aromatic carbocycles. The van der Waals surface area contributed by atoms with Crippen LogP contribution in [0.2, 0.25) is 0 Å². The summed E-state index contributed by atoms with van der Waals surface area (Å²) < 4.78 is 41.5. The van der Waals surface area contributed by atoms with E-state index in [0.29, 0.717) is 0 Å². The molecule has 0 bridgehead atoms. The van der Waals surface area contributed by atoms with Crippen molar-refractivity contribution in [2.24, 2.45) is 5.92 Å². The molecule has 1 aliphatic heterocycles. The molecule has 1 rings (SSSR count). The number of β-amino-alcohol motifs (C(OH)–C–C–N with tert-alkyl or cyclic N) is 1. The fraction of sp³-hybridized carbons (Fsp3) is 0.917. The zero-order valence-electron chi connectivity index (χ0n) is 11.3. The summed E-state index contributed by atoms with van der Waals surface area (Å²) in [5.74, 6) is -0.547. The fourth-order valence-corrected chi connectivity index (χ4v) is 1.96. The number of nitrogens with zero attached hydrogens (tertiary/aromatic N) is 1. The standard InChI is InChI=1S/C12H20F3NO3/c1-11(2,3)19-10(18)16-6-8(9(17)7-16)4-5-12(13,14)15/h8-9,17H,4-7H2,1-3H3/t8-,9-/m1/s1. The molecule has 1 aliphatic rings. The van der Waals surface area contributed by atoms with Gasteiger partial charge in [-0.05, 0) is 27.2 Å². The Kier molecular flexibility index (Phi) is 4.71. The van der Waals surface area contributed by atoms with E-state index in [4.69, 9.17) is 4.74 Å². The molecule has 0 spiro atoms. The predicted octanol–water partition coefficient (Wildman–Crippen LogP) is 2.56. The Morgan fingerprint density at radius 3 is 2.37 bits per heavy atom. The zero-order chi connectivity index (χ0) is 14.8. The number of aliphatic hydroxyl groups excluding tert-OH is 1. The predicted molar refractivity (Wildman–Crippen MR) is 62.6 cm³/mol. The summed E-state index contributed by atoms with van der Waals surface area (Å²) >= 11 is 0. The van der Waals surface area contributed by atoms with Gasteiger partial charge in [0, 0.05) is 18.9 Å². The summed E-state index contributed by atoms with van der Waals surface area (Å²) in [6, 6.07) is 0. The molecule has 0 radical (unpaired) electrons. The van der Waals surface area contributed by atoms with Gasteiger partial charge in [0.1, 0.15) is 5.60 Å². The van der Waals surface area contributed by atoms with Crippen LogP contribution in [-0.2, 0) is 4.74 Å². The second-order valence-corrected chi connectivity index (χ2v) is 5.87. The highest BCUT2D eigenvalue weighted by atomic mass is 19.4. The molecule has 1 N–H and O–H groups in total. The third kappa shape index (κ3) is 5.67. The summed E-state index contributed by atoms with van der Waals surface area (Å²) in [7, 11) is 0. The van der Waals surface area contributed by atoms with E-state index in [-0.39, 0.29) is 19.5 Å². The van der Waals surface area contributed by atoms with E-state index in [1.54, 1.807) is 20.8 Å². The molecular weight excluding hydrogens is 263 g/mol. The van der Waals surface area contributed by atoms with Gasteiger partial charge in [-0.1, -0.05) is 0 Å². The number of carbonyl (C=O) groups excluding carboxylic acids is 1. The van der Waals surface area contributed by atoms with E-state index >= 15 is 0 Å². The van der Waals surface area contributed by atoms with Crippen LogP contribution < -0.4 is 0 Å². The van der Waals surface area contributed by atoms with E-state index in [0.717, 1.165) is 0 Å². The van der Waals surface area contributed by atoms with Crippen LogP contribution in [0.3, 0.4) is 0 Å². The Labute approximate surface area is 110 Å². The first-order valence-electron chi connectivity index (χ1n) is 6.21. The third-order valence-electron chi connectivity index (χ3n) is 2.86. The first-order valence-corrected chi connectivity index (χ1v) is 6.21. The minimum atomic E-state index is -4.24. The van der Waals surface area contributed by atoms with Crippen molar-refractivity contribution in [2.75, 3.05) is 13.1 Å². The Hall–Kier alpha value is -0.980. The molecule has 0 saturated carbocycles. The molecule has 0 aromatic rings. The second-order valence-electron chi connectivity index (χ2n) is 5.87. The topological polar surface area (TPSA) is 49.8 Å². The summed E-state index contributed by atoms with van der Waals surface area (Å²) in [6.07, 6.45) is -6.88. The lowest BCUT2D eigenvalue weighted by Crippen LogP contribution is -2.35. The largest absolute Gasteiger partial charge is 0.444 e. The Bertz CT molecular complexity index is 325. The Balaban J connectivity index is 2.48. The highest BCUT2D eigenvalue weighted by Gasteiger charge is 2.38. The molecule has 112 valence electrons. The second kappa shape index (κ2) is 5.56. The van der Waals surface area contributed by atoms with Crippen LogP contribution in [0, 0.1) is 5.92 Å². The van der Waals surface area contributed by atoms with Gasteiger partial charge in [0.2, 0.25) is 0 Å². The molecule has 0 aliphatic carbocycles. The molecule has 1 amide bonds. The summed E-state index contributed by atoms with van der Waals surface area (Å²) in [5, 5.41) is 9.69. The van der Waals surface area contributed by atoms with Gasteiger partial charge in [0.15, 0.2) is 0 Å². The highest BCUT2D eigenvalue weighted by Crippen LogP contribution is 2.29. The number of likely N-dealkylation sites (tertiary alicyclic amines) is 1. The number of ether oxygens (including phenoxy) is 1. The van der Waals surface area contributed by atoms with Crippen LogP contribution in [0.15, 0.2) is 0 Å². The molecule has 0 aromatic heterocycles. The number of alkyl halides is 3. The Morgan fingerprint density at radius 2 is 1.89 bits per heavy atom. The maximum Gasteiger partial charge on any atom is 0.410 e. The zero-order valence-corrected chi connectivity index (χ0v) is 11.3. The lowest BCUT2D eigenvalue weighted by atomic mass is 10.0. The molecule has 0 unspecified atom stereocenters. The van der Waals surface area contributed by atoms with E-state index < -0.39 is 36.3 Å². The summed E-state index contributed by atoms with van der Waals surface area (Å²) in [4.78, 5) is 13.0. The average Bonchev–Trinajstić information content (AvgIpc) is 2.53. The molecular formula is C12H20F3NO3. The van der Waals surface area contributed by atoms with Gasteiger partial charge in [-0.15, -0.1) is 0 Å². The molecule has 1 heterocycles. The quantitative estimate of drug-likeness (QED) is 0.847. The van der Waals surface area contributed by atoms with Crippen LogP contribution in [0.4, 0.5) is 18.0 Å². The summed E-state index contributed by atoms with van der Waals surface area (Å²) in [5.41, 5.74) is -0.661. The SMILES string of the molecule is CC(C)(C)OC(=O)N1C[C@@H](CCC(F)(F)F)[C@H](O)C1. The van der Waals surface area contributed by atoms with Crippen molar-refractivity contribution in [3.05, 3.63) is 0 Å². The van der Waals surface area contributed by atoms with Crippen LogP contribution in [0.25, 0.3) is 0 Å². The number of amides is 1. The number of carbonyl (C=O) groups is 1. The number of rotatable bonds is 2. The van der Waals surface area contributed by atoms with E-state index in [1.807, 2.05) is 0 Å². The fourth-order valence-electron chi connectivity index (χ4n) is 1.96. The first-order chi connectivity index (χ1) is 8.48. The van der Waals surface area contributed by atoms with Crippen LogP contribution in [0.1, 0.15) is 33.6 Å². The lowest BCUT2D eigenvalue weighted by Gasteiger charge is -2.24. The van der Waals surface area contributed by atoms with Crippen molar-refractivity contribution in [3.63, 3.8) is 0 Å². The van der Waals surface area contributed by atoms with Gasteiger partial charge in [-0.3, -0.25) is 0 Å². The van der Waals surface area contributed by atoms with Crippen LogP contribution in [0.5, 0.6) is 0 Å². The van der Waals surface area contributed by atoms with Crippen LogP contribution >= 0.6 is 0 Å². The number of hydrogen-bond acceptors (Lipinski definition) is 3. The average molecular weight is 283 g/mol.